The summed E-state index contributed by atoms with van der Waals surface area (Å²) in [6.07, 6.45) is -0.365. The molecule has 2 fully saturated rings. The smallest absolute Gasteiger partial charge is 0.328 e. The van der Waals surface area contributed by atoms with Gasteiger partial charge < -0.3 is 14.2 Å². The number of aromatic nitrogens is 2. The Morgan fingerprint density at radius 2 is 1.90 bits per heavy atom. The third kappa shape index (κ3) is 2.56. The van der Waals surface area contributed by atoms with Crippen LogP contribution in [0.4, 0.5) is 10.5 Å². The number of morpholine rings is 1. The van der Waals surface area contributed by atoms with Gasteiger partial charge in [0.1, 0.15) is 0 Å². The monoisotopic (exact) mass is 411 g/mol. The highest BCUT2D eigenvalue weighted by atomic mass is 16.5. The summed E-state index contributed by atoms with van der Waals surface area (Å²) >= 11 is 0. The van der Waals surface area contributed by atoms with Gasteiger partial charge >= 0.3 is 6.03 Å². The predicted octanol–water partition coefficient (Wildman–Crippen LogP) is 0.936. The van der Waals surface area contributed by atoms with Gasteiger partial charge in [0, 0.05) is 17.8 Å². The fourth-order valence-electron chi connectivity index (χ4n) is 5.00. The molecule has 4 heterocycles. The number of nitrogens with one attached hydrogen (secondary N) is 2. The Morgan fingerprint density at radius 3 is 2.57 bits per heavy atom. The molecular weight excluding hydrogens is 390 g/mol. The lowest BCUT2D eigenvalue weighted by molar-refractivity contribution is -0.153. The molecule has 3 aliphatic rings. The van der Waals surface area contributed by atoms with E-state index in [4.69, 9.17) is 9.26 Å². The van der Waals surface area contributed by atoms with Crippen molar-refractivity contribution in [2.75, 3.05) is 11.4 Å². The summed E-state index contributed by atoms with van der Waals surface area (Å²) in [6, 6.07) is 4.34. The van der Waals surface area contributed by atoms with Crippen LogP contribution in [0.15, 0.2) is 22.7 Å². The van der Waals surface area contributed by atoms with Crippen molar-refractivity contribution in [3.8, 4) is 11.5 Å². The normalized spacial score (nSPS) is 27.4. The van der Waals surface area contributed by atoms with E-state index in [9.17, 15) is 14.4 Å². The second kappa shape index (κ2) is 6.36. The van der Waals surface area contributed by atoms with E-state index in [-0.39, 0.29) is 12.5 Å². The van der Waals surface area contributed by atoms with Crippen molar-refractivity contribution in [1.82, 2.24) is 20.8 Å². The topological polar surface area (TPSA) is 127 Å². The Labute approximate surface area is 171 Å². The van der Waals surface area contributed by atoms with E-state index < -0.39 is 35.4 Å². The SMILES string of the molecule is Cc1noc(-c2ccc3c(c2)CC2(C(=O)NC(=O)NC2=O)[C@H]2[C@H](C)O[C@H](C)CN32)n1. The Morgan fingerprint density at radius 1 is 1.17 bits per heavy atom. The number of anilines is 1. The highest BCUT2D eigenvalue weighted by molar-refractivity contribution is 6.20. The number of benzene rings is 1. The largest absolute Gasteiger partial charge is 0.372 e. The molecule has 0 saturated carbocycles. The molecule has 2 aromatic rings. The van der Waals surface area contributed by atoms with Crippen LogP contribution in [0.25, 0.3) is 11.5 Å². The highest BCUT2D eigenvalue weighted by Gasteiger charge is 2.62. The average molecular weight is 411 g/mol. The van der Waals surface area contributed by atoms with Crippen LogP contribution in [-0.2, 0) is 20.7 Å². The van der Waals surface area contributed by atoms with E-state index >= 15 is 0 Å². The van der Waals surface area contributed by atoms with Crippen LogP contribution in [0, 0.1) is 12.3 Å². The standard InChI is InChI=1S/C20H21N5O5/c1-9-8-25-14-5-4-12(16-21-11(3)24-30-16)6-13(14)7-20(15(25)10(2)29-9)17(26)22-19(28)23-18(20)27/h4-6,9-10,15H,7-8H2,1-3H3,(H2,22,23,26,27,28)/t9-,10+,15-/m1/s1. The number of imide groups is 2. The molecule has 0 aliphatic carbocycles. The third-order valence-corrected chi connectivity index (χ3v) is 6.08. The summed E-state index contributed by atoms with van der Waals surface area (Å²) in [5.74, 6) is -0.343. The van der Waals surface area contributed by atoms with E-state index in [0.717, 1.165) is 11.3 Å². The second-order valence-electron chi connectivity index (χ2n) is 8.12. The van der Waals surface area contributed by atoms with E-state index in [1.54, 1.807) is 6.92 Å². The zero-order valence-corrected chi connectivity index (χ0v) is 16.8. The first-order valence-corrected chi connectivity index (χ1v) is 9.82. The van der Waals surface area contributed by atoms with Gasteiger partial charge in [0.25, 0.3) is 5.89 Å². The maximum Gasteiger partial charge on any atom is 0.328 e. The zero-order chi connectivity index (χ0) is 21.2. The molecule has 4 amide bonds. The van der Waals surface area contributed by atoms with E-state index in [1.807, 2.05) is 32.0 Å². The molecule has 5 rings (SSSR count). The molecule has 2 N–H and O–H groups in total. The number of nitrogens with zero attached hydrogens (tertiary/aromatic N) is 3. The van der Waals surface area contributed by atoms with Crippen molar-refractivity contribution in [3.63, 3.8) is 0 Å². The lowest BCUT2D eigenvalue weighted by atomic mass is 9.66. The molecule has 1 aromatic carbocycles. The number of fused-ring (bicyclic) bond motifs is 4. The van der Waals surface area contributed by atoms with Gasteiger partial charge in [-0.05, 0) is 51.0 Å². The minimum Gasteiger partial charge on any atom is -0.372 e. The van der Waals surface area contributed by atoms with Gasteiger partial charge in [0.15, 0.2) is 11.2 Å². The van der Waals surface area contributed by atoms with Crippen LogP contribution in [0.1, 0.15) is 25.2 Å². The fourth-order valence-corrected chi connectivity index (χ4v) is 5.00. The van der Waals surface area contributed by atoms with Gasteiger partial charge in [-0.2, -0.15) is 4.98 Å². The number of hydrogen-bond acceptors (Lipinski definition) is 8. The summed E-state index contributed by atoms with van der Waals surface area (Å²) in [6.45, 7) is 6.05. The average Bonchev–Trinajstić information content (AvgIpc) is 3.11. The summed E-state index contributed by atoms with van der Waals surface area (Å²) in [4.78, 5) is 44.3. The molecule has 10 nitrogen and oxygen atoms in total. The minimum atomic E-state index is -1.50. The van der Waals surface area contributed by atoms with Gasteiger partial charge in [0.2, 0.25) is 11.8 Å². The summed E-state index contributed by atoms with van der Waals surface area (Å²) in [5.41, 5.74) is 0.916. The van der Waals surface area contributed by atoms with E-state index in [1.165, 1.54) is 0 Å². The van der Waals surface area contributed by atoms with Crippen LogP contribution in [0.5, 0.6) is 0 Å². The second-order valence-corrected chi connectivity index (χ2v) is 8.12. The number of hydrogen-bond donors (Lipinski definition) is 2. The maximum absolute atomic E-state index is 13.1. The maximum atomic E-state index is 13.1. The Balaban J connectivity index is 1.68. The molecule has 1 spiro atoms. The number of aryl methyl sites for hydroxylation is 1. The number of barbiturate groups is 1. The number of ether oxygens (including phenoxy) is 1. The fraction of sp³-hybridized carbons (Fsp3) is 0.450. The summed E-state index contributed by atoms with van der Waals surface area (Å²) < 4.78 is 11.3. The molecule has 0 bridgehead atoms. The van der Waals surface area contributed by atoms with Crippen LogP contribution in [0.3, 0.4) is 0 Å². The molecule has 3 aliphatic heterocycles. The van der Waals surface area contributed by atoms with Crippen LogP contribution >= 0.6 is 0 Å². The number of urea groups is 1. The molecule has 156 valence electrons. The van der Waals surface area contributed by atoms with Gasteiger partial charge in [-0.15, -0.1) is 0 Å². The van der Waals surface area contributed by atoms with Gasteiger partial charge in [-0.3, -0.25) is 20.2 Å². The van der Waals surface area contributed by atoms with Crippen molar-refractivity contribution < 1.29 is 23.6 Å². The Bertz CT molecular complexity index is 1060. The molecule has 30 heavy (non-hydrogen) atoms. The molecule has 0 unspecified atom stereocenters. The predicted molar refractivity (Wildman–Crippen MR) is 103 cm³/mol. The minimum absolute atomic E-state index is 0.0890. The van der Waals surface area contributed by atoms with Crippen LogP contribution in [-0.4, -0.2) is 52.8 Å². The molecule has 10 heteroatoms. The quantitative estimate of drug-likeness (QED) is 0.664. The molecule has 2 saturated heterocycles. The van der Waals surface area contributed by atoms with Crippen LogP contribution < -0.4 is 15.5 Å². The Kier molecular flexibility index (Phi) is 3.97. The lowest BCUT2D eigenvalue weighted by Crippen LogP contribution is -2.75. The number of rotatable bonds is 1. The van der Waals surface area contributed by atoms with Crippen molar-refractivity contribution in [1.29, 1.82) is 0 Å². The highest BCUT2D eigenvalue weighted by Crippen LogP contribution is 2.47. The van der Waals surface area contributed by atoms with Gasteiger partial charge in [0.05, 0.1) is 18.2 Å². The first-order valence-electron chi connectivity index (χ1n) is 9.82. The first-order chi connectivity index (χ1) is 14.3. The summed E-state index contributed by atoms with van der Waals surface area (Å²) in [7, 11) is 0. The first kappa shape index (κ1) is 18.7. The summed E-state index contributed by atoms with van der Waals surface area (Å²) in [5, 5.41) is 8.39. The lowest BCUT2D eigenvalue weighted by Gasteiger charge is -2.55. The van der Waals surface area contributed by atoms with Crippen molar-refractivity contribution in [2.45, 2.75) is 45.4 Å². The van der Waals surface area contributed by atoms with E-state index in [2.05, 4.69) is 25.7 Å². The number of carbonyl (C=O) groups is 3. The number of carbonyl (C=O) groups excluding carboxylic acids is 3. The van der Waals surface area contributed by atoms with Crippen LogP contribution in [0.2, 0.25) is 0 Å². The van der Waals surface area contributed by atoms with Gasteiger partial charge in [-0.25, -0.2) is 4.79 Å². The van der Waals surface area contributed by atoms with Crippen molar-refractivity contribution in [2.24, 2.45) is 5.41 Å². The van der Waals surface area contributed by atoms with E-state index in [0.29, 0.717) is 23.8 Å². The number of amides is 4. The molecule has 3 atom stereocenters. The molecular formula is C20H21N5O5. The molecule has 0 radical (unpaired) electrons. The van der Waals surface area contributed by atoms with Crippen molar-refractivity contribution >= 4 is 23.5 Å². The van der Waals surface area contributed by atoms with Gasteiger partial charge in [-0.1, -0.05) is 5.16 Å². The molecule has 1 aromatic heterocycles. The Hall–Kier alpha value is -3.27. The van der Waals surface area contributed by atoms with Crippen molar-refractivity contribution in [3.05, 3.63) is 29.6 Å². The zero-order valence-electron chi connectivity index (χ0n) is 16.8. The third-order valence-electron chi connectivity index (χ3n) is 6.08.